The van der Waals surface area contributed by atoms with E-state index in [1.165, 1.54) is 33.5 Å². The first kappa shape index (κ1) is 22.0. The zero-order chi connectivity index (χ0) is 21.8. The third-order valence-corrected chi connectivity index (χ3v) is 17.6. The second-order valence-electron chi connectivity index (χ2n) is 9.61. The van der Waals surface area contributed by atoms with E-state index in [9.17, 15) is 0 Å². The second-order valence-corrected chi connectivity index (χ2v) is 20.2. The van der Waals surface area contributed by atoms with Crippen LogP contribution in [0.4, 0.5) is 0 Å². The minimum absolute atomic E-state index is 1.21. The van der Waals surface area contributed by atoms with Crippen LogP contribution < -0.4 is 21.2 Å². The second kappa shape index (κ2) is 8.70. The van der Waals surface area contributed by atoms with E-state index in [-0.39, 0.29) is 0 Å². The number of hydrogen-bond donors (Lipinski definition) is 0. The molecule has 0 unspecified atom stereocenters. The van der Waals surface area contributed by atoms with E-state index in [0.717, 1.165) is 0 Å². The standard InChI is InChI=1S/C29H34P2/c1-30(26-16-8-4-9-17-26,27-18-10-5-11-19-27)24-25-31(2,3,28-20-12-6-13-21-28)29-22-14-7-15-23-29/h4-23,30H,24-25H2,1-3H3. The van der Waals surface area contributed by atoms with Crippen LogP contribution in [0.5, 0.6) is 0 Å². The Labute approximate surface area is 188 Å². The van der Waals surface area contributed by atoms with Crippen molar-refractivity contribution in [2.24, 2.45) is 0 Å². The Morgan fingerprint density at radius 1 is 0.516 bits per heavy atom. The van der Waals surface area contributed by atoms with E-state index in [1.54, 1.807) is 0 Å². The first-order chi connectivity index (χ1) is 14.9. The molecule has 31 heavy (non-hydrogen) atoms. The molecule has 0 bridgehead atoms. The Morgan fingerprint density at radius 3 is 1.19 bits per heavy atom. The van der Waals surface area contributed by atoms with Crippen molar-refractivity contribution >= 4 is 35.1 Å². The molecule has 4 rings (SSSR count). The number of hydrogen-bond acceptors (Lipinski definition) is 0. The van der Waals surface area contributed by atoms with E-state index in [4.69, 9.17) is 0 Å². The molecule has 0 spiro atoms. The molecule has 0 heterocycles. The summed E-state index contributed by atoms with van der Waals surface area (Å²) in [4.78, 5) is 0. The normalized spacial score (nSPS) is 13.8. The Hall–Kier alpha value is -2.26. The van der Waals surface area contributed by atoms with Crippen molar-refractivity contribution in [3.8, 4) is 0 Å². The Kier molecular flexibility index (Phi) is 6.16. The fourth-order valence-corrected chi connectivity index (χ4v) is 15.2. The van der Waals surface area contributed by atoms with Gasteiger partial charge in [-0.3, -0.25) is 0 Å². The molecule has 0 aliphatic carbocycles. The first-order valence-corrected chi connectivity index (χ1v) is 17.2. The summed E-state index contributed by atoms with van der Waals surface area (Å²) < 4.78 is 0. The summed E-state index contributed by atoms with van der Waals surface area (Å²) in [6.45, 7) is 5.36. The van der Waals surface area contributed by atoms with Crippen molar-refractivity contribution in [3.05, 3.63) is 121 Å². The third-order valence-electron chi connectivity index (χ3n) is 7.27. The van der Waals surface area contributed by atoms with Gasteiger partial charge in [0.2, 0.25) is 0 Å². The van der Waals surface area contributed by atoms with Gasteiger partial charge in [0.05, 0.1) is 0 Å². The molecular formula is C29H34P2. The van der Waals surface area contributed by atoms with Crippen molar-refractivity contribution in [1.29, 1.82) is 0 Å². The van der Waals surface area contributed by atoms with E-state index < -0.39 is 13.9 Å². The van der Waals surface area contributed by atoms with Gasteiger partial charge in [-0.25, -0.2) is 0 Å². The molecule has 4 aromatic rings. The zero-order valence-electron chi connectivity index (χ0n) is 18.9. The summed E-state index contributed by atoms with van der Waals surface area (Å²) in [5, 5.41) is 6.08. The summed E-state index contributed by atoms with van der Waals surface area (Å²) in [7, 11) is -1.89. The van der Waals surface area contributed by atoms with Gasteiger partial charge in [0, 0.05) is 0 Å². The van der Waals surface area contributed by atoms with Crippen molar-refractivity contribution in [2.45, 2.75) is 0 Å². The maximum atomic E-state index is 2.57. The molecule has 0 fully saturated rings. The van der Waals surface area contributed by atoms with E-state index in [1.807, 2.05) is 0 Å². The van der Waals surface area contributed by atoms with Crippen LogP contribution in [0.15, 0.2) is 121 Å². The molecule has 160 valence electrons. The molecule has 0 radical (unpaired) electrons. The topological polar surface area (TPSA) is 0 Å². The summed E-state index contributed by atoms with van der Waals surface area (Å²) in [5.41, 5.74) is 0. The molecule has 0 aromatic heterocycles. The van der Waals surface area contributed by atoms with Crippen LogP contribution in [0.3, 0.4) is 0 Å². The molecular weight excluding hydrogens is 410 g/mol. The Morgan fingerprint density at radius 2 is 0.839 bits per heavy atom. The Balaban J connectivity index is 1.82. The molecule has 0 amide bonds. The summed E-state index contributed by atoms with van der Waals surface area (Å²) in [6, 6.07) is 45.0. The van der Waals surface area contributed by atoms with Gasteiger partial charge in [-0.2, -0.15) is 0 Å². The van der Waals surface area contributed by atoms with Crippen LogP contribution in [-0.2, 0) is 0 Å². The molecule has 0 N–H and O–H groups in total. The van der Waals surface area contributed by atoms with Gasteiger partial charge < -0.3 is 0 Å². The van der Waals surface area contributed by atoms with Gasteiger partial charge in [0.25, 0.3) is 0 Å². The van der Waals surface area contributed by atoms with Crippen molar-refractivity contribution < 1.29 is 0 Å². The summed E-state index contributed by atoms with van der Waals surface area (Å²) in [6.07, 6.45) is 2.45. The van der Waals surface area contributed by atoms with Gasteiger partial charge in [-0.1, -0.05) is 0 Å². The van der Waals surface area contributed by atoms with Gasteiger partial charge in [-0.15, -0.1) is 0 Å². The van der Waals surface area contributed by atoms with Crippen molar-refractivity contribution in [2.75, 3.05) is 32.3 Å². The van der Waals surface area contributed by atoms with Gasteiger partial charge in [0.15, 0.2) is 0 Å². The molecule has 0 aliphatic rings. The molecule has 2 heteroatoms. The minimum atomic E-state index is -2.35. The molecule has 0 saturated carbocycles. The Bertz CT molecular complexity index is 1020. The van der Waals surface area contributed by atoms with Crippen LogP contribution >= 0.6 is 13.9 Å². The fraction of sp³-hybridized carbons (Fsp3) is 0.172. The fourth-order valence-electron chi connectivity index (χ4n) is 4.85. The van der Waals surface area contributed by atoms with Crippen LogP contribution in [0, 0.1) is 0 Å². The van der Waals surface area contributed by atoms with Crippen LogP contribution in [0.25, 0.3) is 0 Å². The monoisotopic (exact) mass is 444 g/mol. The zero-order valence-corrected chi connectivity index (χ0v) is 20.8. The molecule has 0 aliphatic heterocycles. The number of benzene rings is 4. The SMILES string of the molecule is C[PH](CCP(C)(C)(c1ccccc1)c1ccccc1)(c1ccccc1)c1ccccc1. The average molecular weight is 445 g/mol. The predicted octanol–water partition coefficient (Wildman–Crippen LogP) is 5.48. The number of rotatable bonds is 7. The molecule has 0 nitrogen and oxygen atoms in total. The summed E-state index contributed by atoms with van der Waals surface area (Å²) >= 11 is 0. The molecule has 0 atom stereocenters. The van der Waals surface area contributed by atoms with Gasteiger partial charge >= 0.3 is 189 Å². The van der Waals surface area contributed by atoms with Gasteiger partial charge in [0.1, 0.15) is 0 Å². The van der Waals surface area contributed by atoms with E-state index in [2.05, 4.69) is 141 Å². The van der Waals surface area contributed by atoms with Crippen LogP contribution in [0.2, 0.25) is 0 Å². The third kappa shape index (κ3) is 4.25. The average Bonchev–Trinajstić information content (AvgIpc) is 2.85. The van der Waals surface area contributed by atoms with Crippen LogP contribution in [-0.4, -0.2) is 32.3 Å². The van der Waals surface area contributed by atoms with Crippen molar-refractivity contribution in [3.63, 3.8) is 0 Å². The van der Waals surface area contributed by atoms with Gasteiger partial charge in [-0.05, 0) is 0 Å². The molecule has 0 saturated heterocycles. The predicted molar refractivity (Wildman–Crippen MR) is 147 cm³/mol. The summed E-state index contributed by atoms with van der Waals surface area (Å²) in [5.74, 6) is 0. The van der Waals surface area contributed by atoms with Crippen molar-refractivity contribution in [1.82, 2.24) is 0 Å². The molecule has 4 aromatic carbocycles. The van der Waals surface area contributed by atoms with E-state index in [0.29, 0.717) is 0 Å². The quantitative estimate of drug-likeness (QED) is 0.331. The van der Waals surface area contributed by atoms with E-state index >= 15 is 0 Å². The van der Waals surface area contributed by atoms with Crippen LogP contribution in [0.1, 0.15) is 0 Å². The first-order valence-electron chi connectivity index (χ1n) is 11.2. The maximum absolute atomic E-state index is 2.57.